The molecule has 0 saturated carbocycles. The molecule has 0 nitrogen and oxygen atoms in total. The minimum absolute atomic E-state index is 1.26. The van der Waals surface area contributed by atoms with Crippen molar-refractivity contribution >= 4 is 0 Å². The molecule has 0 saturated heterocycles. The lowest BCUT2D eigenvalue weighted by atomic mass is 9.86. The zero-order valence-corrected chi connectivity index (χ0v) is 11.0. The van der Waals surface area contributed by atoms with E-state index in [0.29, 0.717) is 0 Å². The van der Waals surface area contributed by atoms with Crippen molar-refractivity contribution in [2.24, 2.45) is 0 Å². The minimum Gasteiger partial charge on any atom is -0.102 e. The van der Waals surface area contributed by atoms with Gasteiger partial charge in [0.25, 0.3) is 0 Å². The Bertz CT molecular complexity index is 278. The molecule has 0 aromatic heterocycles. The molecule has 17 heavy (non-hydrogen) atoms. The van der Waals surface area contributed by atoms with E-state index in [1.165, 1.54) is 70.1 Å². The van der Waals surface area contributed by atoms with Gasteiger partial charge >= 0.3 is 0 Å². The molecule has 0 amide bonds. The molecule has 0 heteroatoms. The molecule has 0 aliphatic heterocycles. The third kappa shape index (κ3) is 3.59. The van der Waals surface area contributed by atoms with Gasteiger partial charge in [-0.25, -0.2) is 0 Å². The lowest BCUT2D eigenvalue weighted by Gasteiger charge is -2.18. The zero-order chi connectivity index (χ0) is 11.9. The quantitative estimate of drug-likeness (QED) is 0.597. The molecule has 2 aliphatic carbocycles. The van der Waals surface area contributed by atoms with Crippen LogP contribution in [-0.4, -0.2) is 0 Å². The molecule has 0 bridgehead atoms. The van der Waals surface area contributed by atoms with Crippen molar-refractivity contribution in [2.45, 2.75) is 64.2 Å². The molecular weight excluding hydrogens is 204 g/mol. The van der Waals surface area contributed by atoms with E-state index in [-0.39, 0.29) is 0 Å². The smallest absolute Gasteiger partial charge is 0.0464 e. The average Bonchev–Trinajstić information content (AvgIpc) is 2.75. The molecule has 0 unspecified atom stereocenters. The highest BCUT2D eigenvalue weighted by Crippen LogP contribution is 2.35. The summed E-state index contributed by atoms with van der Waals surface area (Å²) in [4.78, 5) is 0. The molecule has 2 aliphatic rings. The maximum atomic E-state index is 4.05. The van der Waals surface area contributed by atoms with Gasteiger partial charge in [-0.3, -0.25) is 0 Å². The van der Waals surface area contributed by atoms with Crippen molar-refractivity contribution in [3.8, 4) is 0 Å². The number of rotatable bonds is 3. The van der Waals surface area contributed by atoms with Crippen LogP contribution in [0.2, 0.25) is 0 Å². The van der Waals surface area contributed by atoms with Gasteiger partial charge in [-0.2, -0.15) is 0 Å². The van der Waals surface area contributed by atoms with Crippen molar-refractivity contribution in [3.63, 3.8) is 0 Å². The van der Waals surface area contributed by atoms with E-state index in [1.807, 2.05) is 0 Å². The van der Waals surface area contributed by atoms with Gasteiger partial charge in [-0.1, -0.05) is 42.2 Å². The number of hydrogen-bond donors (Lipinski definition) is 0. The topological polar surface area (TPSA) is 0 Å². The first-order chi connectivity index (χ1) is 8.42. The van der Waals surface area contributed by atoms with Gasteiger partial charge in [0, 0.05) is 5.92 Å². The Morgan fingerprint density at radius 3 is 1.82 bits per heavy atom. The lowest BCUT2D eigenvalue weighted by molar-refractivity contribution is 0.702. The van der Waals surface area contributed by atoms with Crippen molar-refractivity contribution in [3.05, 3.63) is 41.9 Å². The number of hydrogen-bond acceptors (Lipinski definition) is 0. The molecule has 93 valence electrons. The van der Waals surface area contributed by atoms with Gasteiger partial charge in [0.15, 0.2) is 0 Å². The molecule has 0 fully saturated rings. The maximum Gasteiger partial charge on any atom is 0.0464 e. The fourth-order valence-corrected chi connectivity index (χ4v) is 2.99. The highest BCUT2D eigenvalue weighted by atomic mass is 14.2. The minimum atomic E-state index is 1.26. The van der Waals surface area contributed by atoms with Gasteiger partial charge in [-0.05, 0) is 51.4 Å². The normalized spacial score (nSPS) is 22.4. The molecule has 0 heterocycles. The van der Waals surface area contributed by atoms with Gasteiger partial charge in [0.2, 0.25) is 0 Å². The Hall–Kier alpha value is -0.780. The maximum absolute atomic E-state index is 4.05. The summed E-state index contributed by atoms with van der Waals surface area (Å²) in [5.41, 5.74) is 3.15. The summed E-state index contributed by atoms with van der Waals surface area (Å²) in [6.07, 6.45) is 20.3. The van der Waals surface area contributed by atoms with Crippen LogP contribution in [0.25, 0.3) is 0 Å². The van der Waals surface area contributed by atoms with Crippen LogP contribution in [0.15, 0.2) is 36.0 Å². The standard InChI is InChI=1S/C17H25/c1-2-17(15-11-7-3-4-8-12-15)16-13-9-5-6-10-14-16/h2,11,13H,1,3-10,12,14H2. The first kappa shape index (κ1) is 12.7. The van der Waals surface area contributed by atoms with Crippen molar-refractivity contribution in [1.29, 1.82) is 0 Å². The van der Waals surface area contributed by atoms with E-state index < -0.39 is 0 Å². The fourth-order valence-electron chi connectivity index (χ4n) is 2.99. The van der Waals surface area contributed by atoms with E-state index in [9.17, 15) is 0 Å². The third-order valence-corrected chi connectivity index (χ3v) is 3.98. The molecule has 2 rings (SSSR count). The van der Waals surface area contributed by atoms with E-state index >= 15 is 0 Å². The van der Waals surface area contributed by atoms with Crippen LogP contribution in [0.1, 0.15) is 64.2 Å². The number of allylic oxidation sites excluding steroid dienone is 5. The monoisotopic (exact) mass is 229 g/mol. The van der Waals surface area contributed by atoms with Crippen molar-refractivity contribution in [1.82, 2.24) is 0 Å². The average molecular weight is 229 g/mol. The van der Waals surface area contributed by atoms with Gasteiger partial charge < -0.3 is 0 Å². The second-order valence-corrected chi connectivity index (χ2v) is 5.28. The first-order valence-corrected chi connectivity index (χ1v) is 7.30. The van der Waals surface area contributed by atoms with E-state index in [0.717, 1.165) is 0 Å². The molecule has 0 aromatic carbocycles. The predicted molar refractivity (Wildman–Crippen MR) is 75.8 cm³/mol. The summed E-state index contributed by atoms with van der Waals surface area (Å²) in [6.45, 7) is 4.05. The third-order valence-electron chi connectivity index (χ3n) is 3.98. The van der Waals surface area contributed by atoms with E-state index in [1.54, 1.807) is 11.1 Å². The molecule has 0 N–H and O–H groups in total. The molecule has 0 atom stereocenters. The Morgan fingerprint density at radius 1 is 0.824 bits per heavy atom. The van der Waals surface area contributed by atoms with Crippen molar-refractivity contribution in [2.75, 3.05) is 0 Å². The summed E-state index contributed by atoms with van der Waals surface area (Å²) < 4.78 is 0. The Labute approximate surface area is 106 Å². The summed E-state index contributed by atoms with van der Waals surface area (Å²) in [7, 11) is 0. The second-order valence-electron chi connectivity index (χ2n) is 5.28. The summed E-state index contributed by atoms with van der Waals surface area (Å²) in [6, 6.07) is 0. The highest BCUT2D eigenvalue weighted by Gasteiger charge is 2.18. The molecule has 1 radical (unpaired) electrons. The predicted octanol–water partition coefficient (Wildman–Crippen LogP) is 5.53. The highest BCUT2D eigenvalue weighted by molar-refractivity contribution is 5.47. The molecule has 0 aromatic rings. The van der Waals surface area contributed by atoms with Gasteiger partial charge in [0.1, 0.15) is 0 Å². The van der Waals surface area contributed by atoms with Crippen LogP contribution in [0, 0.1) is 5.92 Å². The molecule has 0 spiro atoms. The van der Waals surface area contributed by atoms with Crippen molar-refractivity contribution < 1.29 is 0 Å². The Morgan fingerprint density at radius 2 is 1.35 bits per heavy atom. The van der Waals surface area contributed by atoms with Crippen LogP contribution >= 0.6 is 0 Å². The largest absolute Gasteiger partial charge is 0.102 e. The van der Waals surface area contributed by atoms with Crippen LogP contribution in [-0.2, 0) is 0 Å². The lowest BCUT2D eigenvalue weighted by Crippen LogP contribution is -2.02. The van der Waals surface area contributed by atoms with E-state index in [2.05, 4.69) is 24.8 Å². The Balaban J connectivity index is 2.10. The second kappa shape index (κ2) is 6.83. The first-order valence-electron chi connectivity index (χ1n) is 7.30. The van der Waals surface area contributed by atoms with Gasteiger partial charge in [-0.15, -0.1) is 6.58 Å². The van der Waals surface area contributed by atoms with Crippen LogP contribution in [0.5, 0.6) is 0 Å². The summed E-state index contributed by atoms with van der Waals surface area (Å²) in [5.74, 6) is 1.47. The fraction of sp³-hybridized carbons (Fsp3) is 0.588. The summed E-state index contributed by atoms with van der Waals surface area (Å²) in [5, 5.41) is 0. The summed E-state index contributed by atoms with van der Waals surface area (Å²) >= 11 is 0. The zero-order valence-electron chi connectivity index (χ0n) is 11.0. The molecular formula is C17H25. The van der Waals surface area contributed by atoms with Gasteiger partial charge in [0.05, 0.1) is 0 Å². The van der Waals surface area contributed by atoms with Crippen LogP contribution in [0.3, 0.4) is 0 Å². The van der Waals surface area contributed by atoms with Crippen LogP contribution < -0.4 is 0 Å². The van der Waals surface area contributed by atoms with E-state index in [4.69, 9.17) is 0 Å². The van der Waals surface area contributed by atoms with Crippen LogP contribution in [0.4, 0.5) is 0 Å². The Kier molecular flexibility index (Phi) is 5.09. The SMILES string of the molecule is C=C[C](C1=CCCCCC1)C1=CCCCCC1.